The molecule has 0 saturated carbocycles. The van der Waals surface area contributed by atoms with Crippen LogP contribution < -0.4 is 14.4 Å². The average molecular weight is 550 g/mol. The number of anilines is 3. The largest absolute Gasteiger partial charge is 0.453 e. The molecule has 0 fully saturated rings. The normalized spacial score (nSPS) is 16.9. The van der Waals surface area contributed by atoms with Crippen molar-refractivity contribution in [3.63, 3.8) is 0 Å². The van der Waals surface area contributed by atoms with E-state index < -0.39 is 5.41 Å². The second-order valence-corrected chi connectivity index (χ2v) is 10.8. The molecule has 41 heavy (non-hydrogen) atoms. The third-order valence-electron chi connectivity index (χ3n) is 8.27. The Bertz CT molecular complexity index is 2040. The van der Waals surface area contributed by atoms with E-state index in [2.05, 4.69) is 47.4 Å². The van der Waals surface area contributed by atoms with Crippen molar-refractivity contribution in [2.24, 2.45) is 0 Å². The first-order valence-electron chi connectivity index (χ1n) is 13.4. The minimum absolute atomic E-state index is 0.569. The fourth-order valence-electron chi connectivity index (χ4n) is 6.70. The first-order chi connectivity index (χ1) is 20.2. The van der Waals surface area contributed by atoms with E-state index in [0.29, 0.717) is 16.5 Å². The third kappa shape index (κ3) is 2.91. The van der Waals surface area contributed by atoms with Crippen molar-refractivity contribution in [3.8, 4) is 34.4 Å². The molecule has 1 atom stereocenters. The van der Waals surface area contributed by atoms with Crippen LogP contribution in [-0.2, 0) is 5.41 Å². The van der Waals surface area contributed by atoms with Gasteiger partial charge in [-0.15, -0.1) is 0 Å². The molecule has 6 aromatic rings. The van der Waals surface area contributed by atoms with Crippen molar-refractivity contribution in [3.05, 3.63) is 149 Å². The second kappa shape index (κ2) is 8.19. The maximum Gasteiger partial charge on any atom is 0.194 e. The number of pyridine rings is 2. The lowest BCUT2D eigenvalue weighted by atomic mass is 9.66. The Labute approximate surface area is 241 Å². The van der Waals surface area contributed by atoms with Crippen molar-refractivity contribution in [1.29, 1.82) is 0 Å². The van der Waals surface area contributed by atoms with Crippen LogP contribution in [0.3, 0.4) is 0 Å². The van der Waals surface area contributed by atoms with Crippen molar-refractivity contribution in [2.45, 2.75) is 5.41 Å². The van der Waals surface area contributed by atoms with E-state index in [0.717, 1.165) is 62.2 Å². The van der Waals surface area contributed by atoms with Gasteiger partial charge in [-0.25, -0.2) is 0 Å². The molecule has 1 aliphatic carbocycles. The average Bonchev–Trinajstić information content (AvgIpc) is 3.30. The minimum atomic E-state index is -0.742. The highest BCUT2D eigenvalue weighted by molar-refractivity contribution is 6.30. The molecule has 1 spiro atoms. The van der Waals surface area contributed by atoms with Gasteiger partial charge in [-0.05, 0) is 54.1 Å². The van der Waals surface area contributed by atoms with Gasteiger partial charge in [-0.2, -0.15) is 0 Å². The summed E-state index contributed by atoms with van der Waals surface area (Å²) in [7, 11) is 0. The maximum atomic E-state index is 6.80. The minimum Gasteiger partial charge on any atom is -0.453 e. The van der Waals surface area contributed by atoms with Crippen LogP contribution >= 0.6 is 11.6 Å². The van der Waals surface area contributed by atoms with Gasteiger partial charge in [0.25, 0.3) is 0 Å². The zero-order valence-corrected chi connectivity index (χ0v) is 22.3. The predicted octanol–water partition coefficient (Wildman–Crippen LogP) is 9.17. The van der Waals surface area contributed by atoms with Crippen LogP contribution in [-0.4, -0.2) is 9.97 Å². The predicted molar refractivity (Wildman–Crippen MR) is 159 cm³/mol. The van der Waals surface area contributed by atoms with Gasteiger partial charge in [-0.3, -0.25) is 9.97 Å². The lowest BCUT2D eigenvalue weighted by Gasteiger charge is -2.41. The van der Waals surface area contributed by atoms with Crippen LogP contribution in [0.5, 0.6) is 23.0 Å². The molecule has 0 amide bonds. The van der Waals surface area contributed by atoms with E-state index in [1.165, 1.54) is 0 Å². The molecule has 4 aromatic carbocycles. The molecule has 1 unspecified atom stereocenters. The van der Waals surface area contributed by atoms with E-state index in [4.69, 9.17) is 31.0 Å². The monoisotopic (exact) mass is 549 g/mol. The smallest absolute Gasteiger partial charge is 0.194 e. The van der Waals surface area contributed by atoms with Gasteiger partial charge in [0.15, 0.2) is 17.2 Å². The molecule has 2 aliphatic heterocycles. The Balaban J connectivity index is 1.40. The Morgan fingerprint density at radius 3 is 2.22 bits per heavy atom. The highest BCUT2D eigenvalue weighted by Crippen LogP contribution is 2.65. The van der Waals surface area contributed by atoms with Gasteiger partial charge >= 0.3 is 0 Å². The summed E-state index contributed by atoms with van der Waals surface area (Å²) in [6.07, 6.45) is 3.50. The van der Waals surface area contributed by atoms with Crippen LogP contribution in [0.1, 0.15) is 22.3 Å². The van der Waals surface area contributed by atoms with Gasteiger partial charge in [0.2, 0.25) is 0 Å². The van der Waals surface area contributed by atoms with E-state index in [1.807, 2.05) is 72.9 Å². The van der Waals surface area contributed by atoms with Crippen molar-refractivity contribution in [2.75, 3.05) is 4.90 Å². The molecule has 0 saturated heterocycles. The summed E-state index contributed by atoms with van der Waals surface area (Å²) >= 11 is 6.64. The zero-order chi connectivity index (χ0) is 27.1. The molecular formula is C35H20ClN3O2. The van der Waals surface area contributed by atoms with E-state index in [-0.39, 0.29) is 0 Å². The van der Waals surface area contributed by atoms with Crippen LogP contribution in [0.2, 0.25) is 5.02 Å². The van der Waals surface area contributed by atoms with Gasteiger partial charge in [0.1, 0.15) is 5.75 Å². The highest BCUT2D eigenvalue weighted by atomic mass is 35.5. The molecule has 0 radical (unpaired) electrons. The summed E-state index contributed by atoms with van der Waals surface area (Å²) in [6, 6.07) is 37.0. The summed E-state index contributed by atoms with van der Waals surface area (Å²) in [5, 5.41) is 0.569. The van der Waals surface area contributed by atoms with E-state index >= 15 is 0 Å². The van der Waals surface area contributed by atoms with Gasteiger partial charge < -0.3 is 14.4 Å². The van der Waals surface area contributed by atoms with Crippen LogP contribution in [0.15, 0.2) is 122 Å². The number of fused-ring (bicyclic) bond motifs is 12. The number of benzene rings is 4. The zero-order valence-electron chi connectivity index (χ0n) is 21.6. The van der Waals surface area contributed by atoms with Crippen LogP contribution in [0.4, 0.5) is 17.1 Å². The summed E-state index contributed by atoms with van der Waals surface area (Å²) in [4.78, 5) is 11.8. The number of aromatic nitrogens is 2. The van der Waals surface area contributed by atoms with Gasteiger partial charge in [-0.1, -0.05) is 72.3 Å². The molecule has 4 heterocycles. The molecule has 2 aromatic heterocycles. The Morgan fingerprint density at radius 2 is 1.32 bits per heavy atom. The molecule has 9 rings (SSSR count). The van der Waals surface area contributed by atoms with Crippen LogP contribution in [0, 0.1) is 0 Å². The van der Waals surface area contributed by atoms with Gasteiger partial charge in [0, 0.05) is 34.8 Å². The number of hydrogen-bond donors (Lipinski definition) is 0. The number of hydrogen-bond acceptors (Lipinski definition) is 5. The highest BCUT2D eigenvalue weighted by Gasteiger charge is 2.53. The van der Waals surface area contributed by atoms with Crippen LogP contribution in [0.25, 0.3) is 11.4 Å². The molecule has 194 valence electrons. The molecule has 3 aliphatic rings. The number of para-hydroxylation sites is 4. The molecule has 0 bridgehead atoms. The first-order valence-corrected chi connectivity index (χ1v) is 13.8. The summed E-state index contributed by atoms with van der Waals surface area (Å²) in [5.41, 5.74) is 7.82. The molecule has 6 heteroatoms. The fourth-order valence-corrected chi connectivity index (χ4v) is 6.86. The number of halogens is 1. The van der Waals surface area contributed by atoms with Crippen molar-refractivity contribution < 1.29 is 9.47 Å². The Hall–Kier alpha value is -5.13. The van der Waals surface area contributed by atoms with E-state index in [1.54, 1.807) is 6.20 Å². The SMILES string of the molecule is Clc1cnc2c(c1)C1(c3ccccc3Oc3c1ccc1c3Oc3ccccc3N1c1ccccc1)c1cccnc1-2. The molecular weight excluding hydrogens is 530 g/mol. The summed E-state index contributed by atoms with van der Waals surface area (Å²) < 4.78 is 13.5. The quantitative estimate of drug-likeness (QED) is 0.204. The lowest BCUT2D eigenvalue weighted by molar-refractivity contribution is 0.391. The second-order valence-electron chi connectivity index (χ2n) is 10.3. The molecule has 0 N–H and O–H groups in total. The summed E-state index contributed by atoms with van der Waals surface area (Å²) in [6.45, 7) is 0. The summed E-state index contributed by atoms with van der Waals surface area (Å²) in [5.74, 6) is 2.84. The van der Waals surface area contributed by atoms with Crippen molar-refractivity contribution >= 4 is 28.7 Å². The molecule has 5 nitrogen and oxygen atoms in total. The maximum absolute atomic E-state index is 6.80. The standard InChI is InChI=1S/C35H20ClN3O2/c36-21-19-26-32(38-20-21)31-24(12-8-18-37-31)35(26)23-11-4-6-14-29(23)40-33-25(35)16-17-28-34(33)41-30-15-7-5-13-27(30)39(28)22-9-2-1-3-10-22/h1-20H. The third-order valence-corrected chi connectivity index (χ3v) is 8.47. The Kier molecular flexibility index (Phi) is 4.53. The number of ether oxygens (including phenoxy) is 2. The topological polar surface area (TPSA) is 47.5 Å². The van der Waals surface area contributed by atoms with E-state index in [9.17, 15) is 0 Å². The van der Waals surface area contributed by atoms with Gasteiger partial charge in [0.05, 0.1) is 33.2 Å². The Morgan fingerprint density at radius 1 is 0.585 bits per heavy atom. The fraction of sp³-hybridized carbons (Fsp3) is 0.0286. The first kappa shape index (κ1) is 22.7. The number of nitrogens with zero attached hydrogens (tertiary/aromatic N) is 3. The lowest BCUT2D eigenvalue weighted by Crippen LogP contribution is -2.33. The number of rotatable bonds is 1. The van der Waals surface area contributed by atoms with Crippen molar-refractivity contribution in [1.82, 2.24) is 9.97 Å².